The molecule has 0 bridgehead atoms. The molecule has 96 valence electrons. The van der Waals surface area contributed by atoms with Gasteiger partial charge in [-0.15, -0.1) is 0 Å². The molecule has 0 fully saturated rings. The third kappa shape index (κ3) is 2.38. The number of H-pyrrole nitrogens is 1. The van der Waals surface area contributed by atoms with Gasteiger partial charge in [-0.1, -0.05) is 0 Å². The van der Waals surface area contributed by atoms with Gasteiger partial charge in [0, 0.05) is 12.0 Å². The summed E-state index contributed by atoms with van der Waals surface area (Å²) in [4.78, 5) is 7.44. The van der Waals surface area contributed by atoms with Gasteiger partial charge in [0.1, 0.15) is 11.6 Å². The van der Waals surface area contributed by atoms with Crippen molar-refractivity contribution in [3.05, 3.63) is 35.3 Å². The molecule has 0 atom stereocenters. The minimum atomic E-state index is 0.0943. The average Bonchev–Trinajstić information content (AvgIpc) is 2.81. The molecule has 0 saturated carbocycles. The van der Waals surface area contributed by atoms with Gasteiger partial charge in [0.15, 0.2) is 0 Å². The molecule has 0 aliphatic rings. The summed E-state index contributed by atoms with van der Waals surface area (Å²) in [7, 11) is 1.67. The Balaban J connectivity index is 2.45. The van der Waals surface area contributed by atoms with E-state index in [0.717, 1.165) is 22.8 Å². The summed E-state index contributed by atoms with van der Waals surface area (Å²) in [5.74, 6) is 1.62. The highest BCUT2D eigenvalue weighted by atomic mass is 16.5. The van der Waals surface area contributed by atoms with Crippen molar-refractivity contribution in [2.24, 2.45) is 0 Å². The number of nitrogens with one attached hydrogen (secondary N) is 1. The molecule has 2 rings (SSSR count). The second-order valence-corrected chi connectivity index (χ2v) is 4.35. The van der Waals surface area contributed by atoms with E-state index in [1.807, 2.05) is 6.07 Å². The van der Waals surface area contributed by atoms with Gasteiger partial charge in [0.2, 0.25) is 0 Å². The lowest BCUT2D eigenvalue weighted by molar-refractivity contribution is 0.297. The van der Waals surface area contributed by atoms with Crippen LogP contribution in [0.4, 0.5) is 0 Å². The van der Waals surface area contributed by atoms with E-state index in [1.165, 1.54) is 11.1 Å². The first kappa shape index (κ1) is 12.6. The number of aliphatic hydroxyl groups is 1. The second-order valence-electron chi connectivity index (χ2n) is 4.35. The largest absolute Gasteiger partial charge is 0.496 e. The zero-order valence-electron chi connectivity index (χ0n) is 10.9. The lowest BCUT2D eigenvalue weighted by Gasteiger charge is -2.10. The molecule has 0 radical (unpaired) electrons. The maximum atomic E-state index is 8.90. The fraction of sp³-hybridized carbons (Fsp3) is 0.357. The van der Waals surface area contributed by atoms with Gasteiger partial charge in [0.25, 0.3) is 0 Å². The van der Waals surface area contributed by atoms with Crippen molar-refractivity contribution < 1.29 is 9.84 Å². The monoisotopic (exact) mass is 246 g/mol. The topological polar surface area (TPSA) is 58.1 Å². The number of aliphatic hydroxyl groups excluding tert-OH is 1. The standard InChI is InChI=1S/C14H18N2O2/c1-9-6-11(13(18-3)7-10(9)2)12-8-15-14(16-12)4-5-17/h6-8,17H,4-5H2,1-3H3,(H,15,16). The normalized spacial score (nSPS) is 10.7. The smallest absolute Gasteiger partial charge is 0.128 e. The highest BCUT2D eigenvalue weighted by molar-refractivity contribution is 5.68. The Morgan fingerprint density at radius 1 is 1.28 bits per heavy atom. The van der Waals surface area contributed by atoms with Gasteiger partial charge in [-0.3, -0.25) is 0 Å². The van der Waals surface area contributed by atoms with Crippen LogP contribution in [0.1, 0.15) is 17.0 Å². The third-order valence-corrected chi connectivity index (χ3v) is 3.08. The molecule has 0 aliphatic carbocycles. The minimum absolute atomic E-state index is 0.0943. The quantitative estimate of drug-likeness (QED) is 0.869. The zero-order valence-corrected chi connectivity index (χ0v) is 10.9. The summed E-state index contributed by atoms with van der Waals surface area (Å²) in [6.07, 6.45) is 2.31. The van der Waals surface area contributed by atoms with Crippen LogP contribution < -0.4 is 4.74 Å². The molecule has 4 nitrogen and oxygen atoms in total. The number of aromatic amines is 1. The van der Waals surface area contributed by atoms with Crippen molar-refractivity contribution in [3.8, 4) is 17.0 Å². The summed E-state index contributed by atoms with van der Waals surface area (Å²) in [5, 5.41) is 8.90. The van der Waals surface area contributed by atoms with Crippen molar-refractivity contribution >= 4 is 0 Å². The fourth-order valence-electron chi connectivity index (χ4n) is 1.90. The maximum Gasteiger partial charge on any atom is 0.128 e. The Bertz CT molecular complexity index is 547. The molecule has 0 unspecified atom stereocenters. The highest BCUT2D eigenvalue weighted by Crippen LogP contribution is 2.31. The number of hydrogen-bond acceptors (Lipinski definition) is 3. The number of aryl methyl sites for hydroxylation is 2. The molecule has 18 heavy (non-hydrogen) atoms. The van der Waals surface area contributed by atoms with Gasteiger partial charge < -0.3 is 14.8 Å². The molecule has 2 aromatic rings. The minimum Gasteiger partial charge on any atom is -0.496 e. The number of aromatic nitrogens is 2. The molecule has 0 aliphatic heterocycles. The number of imidazole rings is 1. The van der Waals surface area contributed by atoms with E-state index in [-0.39, 0.29) is 6.61 Å². The first-order valence-corrected chi connectivity index (χ1v) is 5.96. The summed E-state index contributed by atoms with van der Waals surface area (Å²) in [6.45, 7) is 4.23. The maximum absolute atomic E-state index is 8.90. The van der Waals surface area contributed by atoms with E-state index in [2.05, 4.69) is 29.9 Å². The summed E-state index contributed by atoms with van der Waals surface area (Å²) in [5.41, 5.74) is 4.32. The van der Waals surface area contributed by atoms with E-state index in [1.54, 1.807) is 13.3 Å². The van der Waals surface area contributed by atoms with Crippen LogP contribution in [0.15, 0.2) is 18.3 Å². The van der Waals surface area contributed by atoms with Crippen LogP contribution in [-0.4, -0.2) is 28.8 Å². The lowest BCUT2D eigenvalue weighted by atomic mass is 10.0. The molecule has 4 heteroatoms. The van der Waals surface area contributed by atoms with Gasteiger partial charge in [-0.2, -0.15) is 0 Å². The van der Waals surface area contributed by atoms with E-state index in [9.17, 15) is 0 Å². The summed E-state index contributed by atoms with van der Waals surface area (Å²) < 4.78 is 5.41. The van der Waals surface area contributed by atoms with Crippen molar-refractivity contribution in [2.45, 2.75) is 20.3 Å². The SMILES string of the molecule is COc1cc(C)c(C)cc1-c1cnc(CCO)[nH]1. The second kappa shape index (κ2) is 5.23. The first-order valence-electron chi connectivity index (χ1n) is 5.96. The van der Waals surface area contributed by atoms with Crippen LogP contribution in [0.5, 0.6) is 5.75 Å². The van der Waals surface area contributed by atoms with Crippen LogP contribution in [0.25, 0.3) is 11.3 Å². The van der Waals surface area contributed by atoms with Crippen molar-refractivity contribution in [2.75, 3.05) is 13.7 Å². The summed E-state index contributed by atoms with van der Waals surface area (Å²) >= 11 is 0. The van der Waals surface area contributed by atoms with E-state index in [0.29, 0.717) is 6.42 Å². The Kier molecular flexibility index (Phi) is 3.67. The molecule has 1 aromatic heterocycles. The first-order chi connectivity index (χ1) is 8.65. The Morgan fingerprint density at radius 2 is 2.00 bits per heavy atom. The number of nitrogens with zero attached hydrogens (tertiary/aromatic N) is 1. The Morgan fingerprint density at radius 3 is 2.67 bits per heavy atom. The predicted molar refractivity (Wildman–Crippen MR) is 70.8 cm³/mol. The third-order valence-electron chi connectivity index (χ3n) is 3.08. The van der Waals surface area contributed by atoms with Gasteiger partial charge in [0.05, 0.1) is 25.6 Å². The number of benzene rings is 1. The van der Waals surface area contributed by atoms with Crippen molar-refractivity contribution in [3.63, 3.8) is 0 Å². The molecular formula is C14H18N2O2. The molecule has 0 amide bonds. The molecule has 1 aromatic carbocycles. The lowest BCUT2D eigenvalue weighted by Crippen LogP contribution is -1.94. The van der Waals surface area contributed by atoms with Crippen LogP contribution in [0.3, 0.4) is 0 Å². The molecule has 1 heterocycles. The Labute approximate surface area is 107 Å². The van der Waals surface area contributed by atoms with E-state index >= 15 is 0 Å². The van der Waals surface area contributed by atoms with Crippen LogP contribution in [0, 0.1) is 13.8 Å². The van der Waals surface area contributed by atoms with Crippen LogP contribution in [-0.2, 0) is 6.42 Å². The number of rotatable bonds is 4. The summed E-state index contributed by atoms with van der Waals surface area (Å²) in [6, 6.07) is 4.11. The van der Waals surface area contributed by atoms with Crippen LogP contribution >= 0.6 is 0 Å². The average molecular weight is 246 g/mol. The molecule has 0 saturated heterocycles. The van der Waals surface area contributed by atoms with Gasteiger partial charge in [-0.05, 0) is 37.1 Å². The van der Waals surface area contributed by atoms with Crippen molar-refractivity contribution in [1.29, 1.82) is 0 Å². The van der Waals surface area contributed by atoms with Gasteiger partial charge in [-0.25, -0.2) is 4.98 Å². The van der Waals surface area contributed by atoms with Crippen LogP contribution in [0.2, 0.25) is 0 Å². The van der Waals surface area contributed by atoms with E-state index in [4.69, 9.17) is 9.84 Å². The molecular weight excluding hydrogens is 228 g/mol. The zero-order chi connectivity index (χ0) is 13.1. The number of methoxy groups -OCH3 is 1. The molecule has 0 spiro atoms. The van der Waals surface area contributed by atoms with Crippen molar-refractivity contribution in [1.82, 2.24) is 9.97 Å². The van der Waals surface area contributed by atoms with E-state index < -0.39 is 0 Å². The van der Waals surface area contributed by atoms with Gasteiger partial charge >= 0.3 is 0 Å². The fourth-order valence-corrected chi connectivity index (χ4v) is 1.90. The molecule has 2 N–H and O–H groups in total. The number of hydrogen-bond donors (Lipinski definition) is 2. The predicted octanol–water partition coefficient (Wildman–Crippen LogP) is 2.24. The number of ether oxygens (including phenoxy) is 1. The Hall–Kier alpha value is -1.81. The highest BCUT2D eigenvalue weighted by Gasteiger charge is 2.10.